The molecule has 2 rings (SSSR count). The van der Waals surface area contributed by atoms with Gasteiger partial charge in [-0.1, -0.05) is 56.4 Å². The highest BCUT2D eigenvalue weighted by molar-refractivity contribution is 5.76. The summed E-state index contributed by atoms with van der Waals surface area (Å²) in [5, 5.41) is 3.14. The third kappa shape index (κ3) is 4.36. The van der Waals surface area contributed by atoms with Crippen molar-refractivity contribution < 1.29 is 4.79 Å². The van der Waals surface area contributed by atoms with Crippen LogP contribution in [0.2, 0.25) is 0 Å². The van der Waals surface area contributed by atoms with Crippen LogP contribution in [0.4, 0.5) is 0 Å². The third-order valence-corrected chi connectivity index (χ3v) is 4.54. The number of rotatable bonds is 5. The molecule has 1 aliphatic carbocycles. The van der Waals surface area contributed by atoms with E-state index in [1.807, 2.05) is 12.1 Å². The van der Waals surface area contributed by atoms with Crippen LogP contribution in [0.25, 0.3) is 0 Å². The predicted octanol–water partition coefficient (Wildman–Crippen LogP) is 4.53. The summed E-state index contributed by atoms with van der Waals surface area (Å²) >= 11 is 0. The van der Waals surface area contributed by atoms with Gasteiger partial charge in [-0.15, -0.1) is 0 Å². The van der Waals surface area contributed by atoms with Crippen LogP contribution < -0.4 is 5.32 Å². The molecule has 1 atom stereocenters. The van der Waals surface area contributed by atoms with Crippen molar-refractivity contribution >= 4 is 5.91 Å². The molecule has 2 heteroatoms. The highest BCUT2D eigenvalue weighted by atomic mass is 16.1. The summed E-state index contributed by atoms with van der Waals surface area (Å²) in [7, 11) is 0. The van der Waals surface area contributed by atoms with Gasteiger partial charge in [-0.25, -0.2) is 0 Å². The molecule has 1 amide bonds. The minimum atomic E-state index is 0.107. The maximum atomic E-state index is 12.1. The van der Waals surface area contributed by atoms with Crippen LogP contribution in [-0.2, 0) is 4.79 Å². The molecule has 1 aromatic rings. The monoisotopic (exact) mass is 273 g/mol. The molecule has 1 N–H and O–H groups in total. The lowest BCUT2D eigenvalue weighted by Gasteiger charge is -2.22. The molecule has 1 aromatic carbocycles. The average Bonchev–Trinajstić information content (AvgIpc) is 2.46. The normalized spacial score (nSPS) is 17.7. The van der Waals surface area contributed by atoms with Crippen LogP contribution in [0, 0.1) is 12.8 Å². The molecule has 0 bridgehead atoms. The molecule has 0 radical (unpaired) electrons. The van der Waals surface area contributed by atoms with E-state index in [1.165, 1.54) is 43.2 Å². The van der Waals surface area contributed by atoms with Crippen molar-refractivity contribution in [2.45, 2.75) is 64.8 Å². The maximum absolute atomic E-state index is 12.1. The standard InChI is InChI=1S/C18H27NO/c1-14-8-6-7-11-17(14)15(2)19-18(20)13-12-16-9-4-3-5-10-16/h6-8,11,15-16H,3-5,9-10,12-13H2,1-2H3,(H,19,20). The van der Waals surface area contributed by atoms with E-state index in [2.05, 4.69) is 31.3 Å². The lowest BCUT2D eigenvalue weighted by Crippen LogP contribution is -2.27. The number of benzene rings is 1. The van der Waals surface area contributed by atoms with Crippen molar-refractivity contribution in [1.29, 1.82) is 0 Å². The van der Waals surface area contributed by atoms with Crippen LogP contribution in [0.1, 0.15) is 69.0 Å². The zero-order chi connectivity index (χ0) is 14.4. The molecule has 1 aliphatic rings. The number of hydrogen-bond acceptors (Lipinski definition) is 1. The lowest BCUT2D eigenvalue weighted by atomic mass is 9.86. The van der Waals surface area contributed by atoms with Gasteiger partial charge < -0.3 is 5.32 Å². The van der Waals surface area contributed by atoms with Crippen molar-refractivity contribution in [2.24, 2.45) is 5.92 Å². The number of nitrogens with one attached hydrogen (secondary N) is 1. The van der Waals surface area contributed by atoms with E-state index in [9.17, 15) is 4.79 Å². The van der Waals surface area contributed by atoms with Gasteiger partial charge in [0.1, 0.15) is 0 Å². The highest BCUT2D eigenvalue weighted by Crippen LogP contribution is 2.27. The van der Waals surface area contributed by atoms with Gasteiger partial charge in [-0.05, 0) is 37.3 Å². The van der Waals surface area contributed by atoms with E-state index in [0.717, 1.165) is 12.3 Å². The summed E-state index contributed by atoms with van der Waals surface area (Å²) in [5.41, 5.74) is 2.46. The molecule has 110 valence electrons. The Morgan fingerprint density at radius 1 is 1.25 bits per heavy atom. The number of hydrogen-bond donors (Lipinski definition) is 1. The Bertz CT molecular complexity index is 435. The number of amides is 1. The van der Waals surface area contributed by atoms with Crippen LogP contribution in [-0.4, -0.2) is 5.91 Å². The smallest absolute Gasteiger partial charge is 0.220 e. The zero-order valence-electron chi connectivity index (χ0n) is 12.8. The fraction of sp³-hybridized carbons (Fsp3) is 0.611. The zero-order valence-corrected chi connectivity index (χ0v) is 12.8. The minimum absolute atomic E-state index is 0.107. The van der Waals surface area contributed by atoms with Crippen molar-refractivity contribution in [3.63, 3.8) is 0 Å². The van der Waals surface area contributed by atoms with Gasteiger partial charge in [0, 0.05) is 6.42 Å². The summed E-state index contributed by atoms with van der Waals surface area (Å²) in [6.45, 7) is 4.17. The molecule has 1 unspecified atom stereocenters. The molecule has 0 heterocycles. The molecule has 0 saturated heterocycles. The van der Waals surface area contributed by atoms with Crippen molar-refractivity contribution in [2.75, 3.05) is 0 Å². The molecule has 0 aliphatic heterocycles. The predicted molar refractivity (Wildman–Crippen MR) is 83.5 cm³/mol. The quantitative estimate of drug-likeness (QED) is 0.839. The van der Waals surface area contributed by atoms with E-state index >= 15 is 0 Å². The number of carbonyl (C=O) groups excluding carboxylic acids is 1. The second-order valence-corrected chi connectivity index (χ2v) is 6.19. The van der Waals surface area contributed by atoms with Gasteiger partial charge in [0.25, 0.3) is 0 Å². The molecule has 1 saturated carbocycles. The molecule has 20 heavy (non-hydrogen) atoms. The average molecular weight is 273 g/mol. The van der Waals surface area contributed by atoms with Gasteiger partial charge >= 0.3 is 0 Å². The Hall–Kier alpha value is -1.31. The minimum Gasteiger partial charge on any atom is -0.350 e. The van der Waals surface area contributed by atoms with Crippen LogP contribution >= 0.6 is 0 Å². The summed E-state index contributed by atoms with van der Waals surface area (Å²) in [5.74, 6) is 0.981. The van der Waals surface area contributed by atoms with E-state index in [1.54, 1.807) is 0 Å². The Morgan fingerprint density at radius 2 is 1.95 bits per heavy atom. The molecule has 0 aromatic heterocycles. The Balaban J connectivity index is 1.77. The van der Waals surface area contributed by atoms with Crippen LogP contribution in [0.15, 0.2) is 24.3 Å². The van der Waals surface area contributed by atoms with Gasteiger partial charge in [-0.3, -0.25) is 4.79 Å². The maximum Gasteiger partial charge on any atom is 0.220 e. The Kier molecular flexibility index (Phi) is 5.63. The van der Waals surface area contributed by atoms with Crippen LogP contribution in [0.3, 0.4) is 0 Å². The second-order valence-electron chi connectivity index (χ2n) is 6.19. The van der Waals surface area contributed by atoms with E-state index in [0.29, 0.717) is 6.42 Å². The van der Waals surface area contributed by atoms with Gasteiger partial charge in [0.2, 0.25) is 5.91 Å². The second kappa shape index (κ2) is 7.47. The van der Waals surface area contributed by atoms with E-state index in [4.69, 9.17) is 0 Å². The third-order valence-electron chi connectivity index (χ3n) is 4.54. The first kappa shape index (κ1) is 15.1. The van der Waals surface area contributed by atoms with Crippen molar-refractivity contribution in [3.05, 3.63) is 35.4 Å². The molecule has 2 nitrogen and oxygen atoms in total. The summed E-state index contributed by atoms with van der Waals surface area (Å²) in [6, 6.07) is 8.38. The van der Waals surface area contributed by atoms with Gasteiger partial charge in [0.15, 0.2) is 0 Å². The van der Waals surface area contributed by atoms with E-state index in [-0.39, 0.29) is 11.9 Å². The number of carbonyl (C=O) groups is 1. The van der Waals surface area contributed by atoms with Crippen LogP contribution in [0.5, 0.6) is 0 Å². The fourth-order valence-electron chi connectivity index (χ4n) is 3.28. The van der Waals surface area contributed by atoms with Crippen molar-refractivity contribution in [3.8, 4) is 0 Å². The first-order valence-electron chi connectivity index (χ1n) is 8.01. The topological polar surface area (TPSA) is 29.1 Å². The molecular weight excluding hydrogens is 246 g/mol. The molecule has 1 fully saturated rings. The number of aryl methyl sites for hydroxylation is 1. The first-order chi connectivity index (χ1) is 9.66. The largest absolute Gasteiger partial charge is 0.350 e. The van der Waals surface area contributed by atoms with E-state index < -0.39 is 0 Å². The summed E-state index contributed by atoms with van der Waals surface area (Å²) < 4.78 is 0. The molecule has 0 spiro atoms. The van der Waals surface area contributed by atoms with Gasteiger partial charge in [-0.2, -0.15) is 0 Å². The SMILES string of the molecule is Cc1ccccc1C(C)NC(=O)CCC1CCCCC1. The Labute approximate surface area is 123 Å². The lowest BCUT2D eigenvalue weighted by molar-refractivity contribution is -0.122. The Morgan fingerprint density at radius 3 is 2.65 bits per heavy atom. The fourth-order valence-corrected chi connectivity index (χ4v) is 3.28. The first-order valence-corrected chi connectivity index (χ1v) is 8.01. The molecular formula is C18H27NO. The summed E-state index contributed by atoms with van der Waals surface area (Å²) in [4.78, 5) is 12.1. The van der Waals surface area contributed by atoms with Crippen molar-refractivity contribution in [1.82, 2.24) is 5.32 Å². The van der Waals surface area contributed by atoms with Gasteiger partial charge in [0.05, 0.1) is 6.04 Å². The summed E-state index contributed by atoms with van der Waals surface area (Å²) in [6.07, 6.45) is 8.47. The highest BCUT2D eigenvalue weighted by Gasteiger charge is 2.16.